The maximum atomic E-state index is 12.1. The lowest BCUT2D eigenvalue weighted by Gasteiger charge is -2.27. The molecule has 1 atom stereocenters. The van der Waals surface area contributed by atoms with Gasteiger partial charge in [0.05, 0.1) is 16.4 Å². The molecule has 1 aromatic carbocycles. The third-order valence-corrected chi connectivity index (χ3v) is 5.44. The first-order valence-electron chi connectivity index (χ1n) is 9.17. The molecule has 0 bridgehead atoms. The Hall–Kier alpha value is -3.15. The summed E-state index contributed by atoms with van der Waals surface area (Å²) in [6.45, 7) is 2.71. The highest BCUT2D eigenvalue weighted by Crippen LogP contribution is 2.34. The zero-order valence-electron chi connectivity index (χ0n) is 15.4. The number of benzene rings is 1. The number of primary amides is 1. The molecule has 2 heterocycles. The van der Waals surface area contributed by atoms with Crippen molar-refractivity contribution in [2.45, 2.75) is 32.7 Å². The molecule has 1 aliphatic rings. The molecular weight excluding hydrogens is 338 g/mol. The van der Waals surface area contributed by atoms with Crippen molar-refractivity contribution >= 4 is 33.7 Å². The third-order valence-electron chi connectivity index (χ3n) is 5.44. The van der Waals surface area contributed by atoms with Gasteiger partial charge in [-0.1, -0.05) is 42.5 Å². The van der Waals surface area contributed by atoms with E-state index in [4.69, 9.17) is 11.5 Å². The van der Waals surface area contributed by atoms with Crippen molar-refractivity contribution in [3.05, 3.63) is 54.4 Å². The molecule has 4 N–H and O–H groups in total. The van der Waals surface area contributed by atoms with E-state index >= 15 is 0 Å². The summed E-state index contributed by atoms with van der Waals surface area (Å²) in [6, 6.07) is 7.95. The Labute approximate surface area is 157 Å². The Morgan fingerprint density at radius 3 is 2.81 bits per heavy atom. The second-order valence-electron chi connectivity index (χ2n) is 7.14. The highest BCUT2D eigenvalue weighted by atomic mass is 16.1. The molecule has 0 radical (unpaired) electrons. The number of hydrogen-bond acceptors (Lipinski definition) is 4. The number of para-hydroxylation sites is 1. The summed E-state index contributed by atoms with van der Waals surface area (Å²) in [5.41, 5.74) is 13.9. The second kappa shape index (κ2) is 6.54. The minimum atomic E-state index is -0.596. The van der Waals surface area contributed by atoms with Crippen molar-refractivity contribution in [2.24, 2.45) is 11.1 Å². The van der Waals surface area contributed by atoms with Crippen molar-refractivity contribution < 1.29 is 4.79 Å². The first-order chi connectivity index (χ1) is 13.0. The monoisotopic (exact) mass is 361 g/mol. The molecule has 2 aromatic heterocycles. The molecule has 3 aromatic rings. The van der Waals surface area contributed by atoms with E-state index in [1.807, 2.05) is 55.5 Å². The van der Waals surface area contributed by atoms with Gasteiger partial charge in [0, 0.05) is 11.9 Å². The molecule has 6 heteroatoms. The van der Waals surface area contributed by atoms with Crippen LogP contribution in [-0.4, -0.2) is 20.4 Å². The van der Waals surface area contributed by atoms with Gasteiger partial charge in [-0.25, -0.2) is 9.97 Å². The van der Waals surface area contributed by atoms with Gasteiger partial charge < -0.3 is 16.0 Å². The van der Waals surface area contributed by atoms with Gasteiger partial charge in [0.2, 0.25) is 5.91 Å². The number of pyridine rings is 1. The van der Waals surface area contributed by atoms with Gasteiger partial charge in [-0.05, 0) is 32.3 Å². The zero-order valence-corrected chi connectivity index (χ0v) is 15.4. The third kappa shape index (κ3) is 2.87. The number of aromatic nitrogens is 3. The SMILES string of the molecule is Cc1nc2c(N)nc3ccccc3c2n1CCCC1(C(N)=O)C=CC=CC1. The van der Waals surface area contributed by atoms with Crippen LogP contribution in [0.4, 0.5) is 5.82 Å². The lowest BCUT2D eigenvalue weighted by atomic mass is 9.77. The van der Waals surface area contributed by atoms with Crippen LogP contribution in [0, 0.1) is 12.3 Å². The van der Waals surface area contributed by atoms with Crippen LogP contribution in [0.25, 0.3) is 21.9 Å². The maximum Gasteiger partial charge on any atom is 0.227 e. The largest absolute Gasteiger partial charge is 0.382 e. The Morgan fingerprint density at radius 2 is 2.07 bits per heavy atom. The summed E-state index contributed by atoms with van der Waals surface area (Å²) >= 11 is 0. The van der Waals surface area contributed by atoms with Crippen LogP contribution < -0.4 is 11.5 Å². The number of carbonyl (C=O) groups excluding carboxylic acids is 1. The molecule has 0 spiro atoms. The van der Waals surface area contributed by atoms with E-state index in [0.29, 0.717) is 18.7 Å². The minimum Gasteiger partial charge on any atom is -0.382 e. The van der Waals surface area contributed by atoms with Gasteiger partial charge in [0.25, 0.3) is 0 Å². The molecule has 1 amide bonds. The van der Waals surface area contributed by atoms with Gasteiger partial charge >= 0.3 is 0 Å². The normalized spacial score (nSPS) is 19.1. The van der Waals surface area contributed by atoms with Gasteiger partial charge in [0.15, 0.2) is 5.82 Å². The number of carbonyl (C=O) groups is 1. The summed E-state index contributed by atoms with van der Waals surface area (Å²) in [4.78, 5) is 21.2. The molecule has 0 aliphatic heterocycles. The van der Waals surface area contributed by atoms with Crippen LogP contribution in [0.15, 0.2) is 48.6 Å². The van der Waals surface area contributed by atoms with Crippen molar-refractivity contribution in [3.63, 3.8) is 0 Å². The fourth-order valence-corrected chi connectivity index (χ4v) is 3.95. The van der Waals surface area contributed by atoms with Crippen LogP contribution in [0.1, 0.15) is 25.1 Å². The lowest BCUT2D eigenvalue weighted by molar-refractivity contribution is -0.125. The number of anilines is 1. The Bertz CT molecular complexity index is 1090. The van der Waals surface area contributed by atoms with E-state index in [1.54, 1.807) is 0 Å². The number of imidazole rings is 1. The Balaban J connectivity index is 1.68. The number of allylic oxidation sites excluding steroid dienone is 3. The lowest BCUT2D eigenvalue weighted by Crippen LogP contribution is -2.36. The van der Waals surface area contributed by atoms with Gasteiger partial charge in [0.1, 0.15) is 11.3 Å². The van der Waals surface area contributed by atoms with Crippen LogP contribution in [0.5, 0.6) is 0 Å². The summed E-state index contributed by atoms with van der Waals surface area (Å²) in [6.07, 6.45) is 9.96. The van der Waals surface area contributed by atoms with E-state index in [9.17, 15) is 4.79 Å². The van der Waals surface area contributed by atoms with E-state index in [0.717, 1.165) is 40.7 Å². The van der Waals surface area contributed by atoms with E-state index in [2.05, 4.69) is 14.5 Å². The first kappa shape index (κ1) is 17.3. The van der Waals surface area contributed by atoms with Crippen LogP contribution in [0.3, 0.4) is 0 Å². The number of nitrogens with zero attached hydrogens (tertiary/aromatic N) is 3. The summed E-state index contributed by atoms with van der Waals surface area (Å²) in [7, 11) is 0. The van der Waals surface area contributed by atoms with Crippen LogP contribution >= 0.6 is 0 Å². The molecule has 0 fully saturated rings. The summed E-state index contributed by atoms with van der Waals surface area (Å²) in [5, 5.41) is 1.03. The van der Waals surface area contributed by atoms with Crippen molar-refractivity contribution in [1.82, 2.24) is 14.5 Å². The molecule has 0 saturated carbocycles. The first-order valence-corrected chi connectivity index (χ1v) is 9.17. The number of fused-ring (bicyclic) bond motifs is 3. The van der Waals surface area contributed by atoms with E-state index in [-0.39, 0.29) is 5.91 Å². The molecular formula is C21H23N5O. The minimum absolute atomic E-state index is 0.269. The average molecular weight is 361 g/mol. The highest BCUT2D eigenvalue weighted by molar-refractivity contribution is 6.06. The quantitative estimate of drug-likeness (QED) is 0.728. The number of hydrogen-bond donors (Lipinski definition) is 2. The molecule has 4 rings (SSSR count). The predicted molar refractivity (Wildman–Crippen MR) is 108 cm³/mol. The predicted octanol–water partition coefficient (Wildman–Crippen LogP) is 3.24. The molecule has 1 aliphatic carbocycles. The smallest absolute Gasteiger partial charge is 0.227 e. The molecule has 1 unspecified atom stereocenters. The second-order valence-corrected chi connectivity index (χ2v) is 7.14. The van der Waals surface area contributed by atoms with Crippen molar-refractivity contribution in [1.29, 1.82) is 0 Å². The van der Waals surface area contributed by atoms with Gasteiger partial charge in [-0.15, -0.1) is 0 Å². The average Bonchev–Trinajstić information content (AvgIpc) is 3.00. The standard InChI is InChI=1S/C21H23N5O/c1-14-24-17-18(15-8-3-4-9-16(15)25-19(17)22)26(14)13-7-12-21(20(23)27)10-5-2-6-11-21/h2-6,8-10H,7,11-13H2,1H3,(H2,22,25)(H2,23,27). The van der Waals surface area contributed by atoms with Crippen LogP contribution in [-0.2, 0) is 11.3 Å². The number of nitrogen functional groups attached to an aromatic ring is 1. The number of nitrogens with two attached hydrogens (primary N) is 2. The zero-order chi connectivity index (χ0) is 19.0. The summed E-state index contributed by atoms with van der Waals surface area (Å²) < 4.78 is 2.17. The van der Waals surface area contributed by atoms with Gasteiger partial charge in [-0.3, -0.25) is 4.79 Å². The number of rotatable bonds is 5. The van der Waals surface area contributed by atoms with E-state index < -0.39 is 5.41 Å². The fourth-order valence-electron chi connectivity index (χ4n) is 3.95. The van der Waals surface area contributed by atoms with Crippen LogP contribution in [0.2, 0.25) is 0 Å². The van der Waals surface area contributed by atoms with Crippen molar-refractivity contribution in [2.75, 3.05) is 5.73 Å². The highest BCUT2D eigenvalue weighted by Gasteiger charge is 2.33. The number of amides is 1. The fraction of sp³-hybridized carbons (Fsp3) is 0.286. The van der Waals surface area contributed by atoms with E-state index in [1.165, 1.54) is 0 Å². The maximum absolute atomic E-state index is 12.1. The Morgan fingerprint density at radius 1 is 1.26 bits per heavy atom. The number of aryl methyl sites for hydroxylation is 2. The van der Waals surface area contributed by atoms with Gasteiger partial charge in [-0.2, -0.15) is 0 Å². The summed E-state index contributed by atoms with van der Waals surface area (Å²) in [5.74, 6) is 1.07. The topological polar surface area (TPSA) is 99.8 Å². The van der Waals surface area contributed by atoms with Crippen molar-refractivity contribution in [3.8, 4) is 0 Å². The molecule has 138 valence electrons. The molecule has 0 saturated heterocycles. The Kier molecular flexibility index (Phi) is 4.18. The molecule has 6 nitrogen and oxygen atoms in total. The molecule has 27 heavy (non-hydrogen) atoms.